The molecule has 2 amide bonds. The number of nitrogens with zero attached hydrogens (tertiary/aromatic N) is 1. The van der Waals surface area contributed by atoms with Crippen LogP contribution in [0, 0.1) is 5.92 Å². The first-order chi connectivity index (χ1) is 8.99. The quantitative estimate of drug-likeness (QED) is 0.845. The molecule has 5 nitrogen and oxygen atoms in total. The number of halogens is 1. The maximum absolute atomic E-state index is 12.0. The van der Waals surface area contributed by atoms with Crippen molar-refractivity contribution in [1.29, 1.82) is 0 Å². The Bertz CT molecular complexity index is 543. The normalized spacial score (nSPS) is 19.0. The minimum absolute atomic E-state index is 0.0390. The molecule has 0 radical (unpaired) electrons. The lowest BCUT2D eigenvalue weighted by molar-refractivity contribution is -0.149. The predicted octanol–water partition coefficient (Wildman–Crippen LogP) is 1.34. The second-order valence-corrected chi connectivity index (χ2v) is 4.82. The predicted molar refractivity (Wildman–Crippen MR) is 67.6 cm³/mol. The average Bonchev–Trinajstić information content (AvgIpc) is 2.60. The molecular weight excluding hydrogens is 270 g/mol. The number of carboxylic acid groups (broad SMARTS) is 1. The maximum atomic E-state index is 12.0. The van der Waals surface area contributed by atoms with Gasteiger partial charge in [0, 0.05) is 11.4 Å². The molecule has 2 rings (SSSR count). The summed E-state index contributed by atoms with van der Waals surface area (Å²) >= 11 is 6.00. The van der Waals surface area contributed by atoms with Gasteiger partial charge in [-0.25, -0.2) is 0 Å². The van der Waals surface area contributed by atoms with E-state index in [1.54, 1.807) is 24.3 Å². The largest absolute Gasteiger partial charge is 0.480 e. The third kappa shape index (κ3) is 2.93. The Hall–Kier alpha value is -1.88. The molecule has 6 heteroatoms. The van der Waals surface area contributed by atoms with Gasteiger partial charge in [-0.1, -0.05) is 29.8 Å². The molecule has 1 fully saturated rings. The number of carbonyl (C=O) groups excluding carboxylic acids is 2. The Balaban J connectivity index is 2.11. The van der Waals surface area contributed by atoms with Crippen LogP contribution in [0.25, 0.3) is 0 Å². The van der Waals surface area contributed by atoms with Crippen LogP contribution in [-0.4, -0.2) is 34.3 Å². The Morgan fingerprint density at radius 2 is 2.05 bits per heavy atom. The summed E-state index contributed by atoms with van der Waals surface area (Å²) in [5.41, 5.74) is 0.785. The van der Waals surface area contributed by atoms with Crippen LogP contribution in [0.1, 0.15) is 12.0 Å². The topological polar surface area (TPSA) is 74.7 Å². The Morgan fingerprint density at radius 1 is 1.37 bits per heavy atom. The summed E-state index contributed by atoms with van der Waals surface area (Å²) in [5, 5.41) is 9.20. The number of hydrogen-bond donors (Lipinski definition) is 1. The molecule has 0 bridgehead atoms. The van der Waals surface area contributed by atoms with Crippen molar-refractivity contribution in [3.63, 3.8) is 0 Å². The van der Waals surface area contributed by atoms with Gasteiger partial charge in [0.05, 0.1) is 5.92 Å². The van der Waals surface area contributed by atoms with Gasteiger partial charge in [0.2, 0.25) is 11.8 Å². The van der Waals surface area contributed by atoms with Crippen LogP contribution in [0.3, 0.4) is 0 Å². The number of likely N-dealkylation sites (tertiary alicyclic amines) is 1. The van der Waals surface area contributed by atoms with Crippen LogP contribution < -0.4 is 0 Å². The van der Waals surface area contributed by atoms with E-state index in [1.165, 1.54) is 0 Å². The highest BCUT2D eigenvalue weighted by Crippen LogP contribution is 2.26. The molecule has 1 atom stereocenters. The van der Waals surface area contributed by atoms with E-state index >= 15 is 0 Å². The number of hydrogen-bond acceptors (Lipinski definition) is 3. The third-order valence-corrected chi connectivity index (χ3v) is 3.42. The van der Waals surface area contributed by atoms with E-state index in [0.717, 1.165) is 10.5 Å². The SMILES string of the molecule is O=C(O)CN1C(=O)CC(Cc2ccccc2Cl)C1=O. The zero-order valence-electron chi connectivity index (χ0n) is 10.0. The van der Waals surface area contributed by atoms with Crippen LogP contribution in [0.2, 0.25) is 5.02 Å². The molecule has 1 aromatic carbocycles. The van der Waals surface area contributed by atoms with Gasteiger partial charge < -0.3 is 5.11 Å². The molecular formula is C13H12ClNO4. The van der Waals surface area contributed by atoms with Gasteiger partial charge in [-0.15, -0.1) is 0 Å². The van der Waals surface area contributed by atoms with Gasteiger partial charge in [-0.2, -0.15) is 0 Å². The zero-order chi connectivity index (χ0) is 14.0. The summed E-state index contributed by atoms with van der Waals surface area (Å²) in [7, 11) is 0. The van der Waals surface area contributed by atoms with Crippen molar-refractivity contribution in [3.05, 3.63) is 34.9 Å². The highest BCUT2D eigenvalue weighted by atomic mass is 35.5. The molecule has 1 heterocycles. The van der Waals surface area contributed by atoms with Crippen LogP contribution in [0.4, 0.5) is 0 Å². The minimum Gasteiger partial charge on any atom is -0.480 e. The van der Waals surface area contributed by atoms with Crippen molar-refractivity contribution in [2.45, 2.75) is 12.8 Å². The van der Waals surface area contributed by atoms with E-state index in [4.69, 9.17) is 16.7 Å². The number of rotatable bonds is 4. The molecule has 0 saturated carbocycles. The van der Waals surface area contributed by atoms with Crippen molar-refractivity contribution in [2.75, 3.05) is 6.54 Å². The van der Waals surface area contributed by atoms with Gasteiger partial charge in [-0.3, -0.25) is 19.3 Å². The van der Waals surface area contributed by atoms with Crippen LogP contribution >= 0.6 is 11.6 Å². The number of aliphatic carboxylic acids is 1. The Morgan fingerprint density at radius 3 is 2.68 bits per heavy atom. The summed E-state index contributed by atoms with van der Waals surface area (Å²) in [5.74, 6) is -2.59. The van der Waals surface area contributed by atoms with Crippen molar-refractivity contribution in [2.24, 2.45) is 5.92 Å². The monoisotopic (exact) mass is 281 g/mol. The maximum Gasteiger partial charge on any atom is 0.323 e. The van der Waals surface area contributed by atoms with Crippen molar-refractivity contribution in [3.8, 4) is 0 Å². The molecule has 0 aromatic heterocycles. The lowest BCUT2D eigenvalue weighted by Gasteiger charge is -2.12. The zero-order valence-corrected chi connectivity index (χ0v) is 10.8. The number of imide groups is 1. The molecule has 1 saturated heterocycles. The van der Waals surface area contributed by atoms with E-state index < -0.39 is 30.2 Å². The fraction of sp³-hybridized carbons (Fsp3) is 0.308. The Labute approximate surface area is 114 Å². The summed E-state index contributed by atoms with van der Waals surface area (Å²) in [4.78, 5) is 35.0. The third-order valence-electron chi connectivity index (χ3n) is 3.05. The number of carboxylic acids is 1. The highest BCUT2D eigenvalue weighted by Gasteiger charge is 2.39. The van der Waals surface area contributed by atoms with Crippen LogP contribution in [-0.2, 0) is 20.8 Å². The molecule has 19 heavy (non-hydrogen) atoms. The van der Waals surface area contributed by atoms with E-state index in [1.807, 2.05) is 0 Å². The van der Waals surface area contributed by atoms with Gasteiger partial charge in [-0.05, 0) is 18.1 Å². The summed E-state index contributed by atoms with van der Waals surface area (Å²) < 4.78 is 0. The molecule has 0 aliphatic carbocycles. The van der Waals surface area contributed by atoms with Crippen molar-refractivity contribution in [1.82, 2.24) is 4.90 Å². The summed E-state index contributed by atoms with van der Waals surface area (Å²) in [6.45, 7) is -0.573. The lowest BCUT2D eigenvalue weighted by atomic mass is 9.98. The molecule has 1 unspecified atom stereocenters. The molecule has 100 valence electrons. The molecule has 1 aromatic rings. The highest BCUT2D eigenvalue weighted by molar-refractivity contribution is 6.31. The van der Waals surface area contributed by atoms with E-state index in [0.29, 0.717) is 11.4 Å². The summed E-state index contributed by atoms with van der Waals surface area (Å²) in [6, 6.07) is 7.09. The average molecular weight is 282 g/mol. The fourth-order valence-electron chi connectivity index (χ4n) is 2.14. The van der Waals surface area contributed by atoms with Gasteiger partial charge in [0.25, 0.3) is 0 Å². The lowest BCUT2D eigenvalue weighted by Crippen LogP contribution is -2.35. The van der Waals surface area contributed by atoms with E-state index in [-0.39, 0.29) is 6.42 Å². The first kappa shape index (κ1) is 13.5. The number of benzene rings is 1. The molecule has 0 spiro atoms. The number of carbonyl (C=O) groups is 3. The first-order valence-electron chi connectivity index (χ1n) is 5.78. The molecule has 1 aliphatic heterocycles. The second kappa shape index (κ2) is 5.40. The fourth-order valence-corrected chi connectivity index (χ4v) is 2.35. The van der Waals surface area contributed by atoms with Crippen LogP contribution in [0.5, 0.6) is 0 Å². The molecule has 1 N–H and O–H groups in total. The first-order valence-corrected chi connectivity index (χ1v) is 6.16. The van der Waals surface area contributed by atoms with E-state index in [2.05, 4.69) is 0 Å². The van der Waals surface area contributed by atoms with Crippen molar-refractivity contribution >= 4 is 29.4 Å². The van der Waals surface area contributed by atoms with Gasteiger partial charge in [0.1, 0.15) is 6.54 Å². The molecule has 1 aliphatic rings. The second-order valence-electron chi connectivity index (χ2n) is 4.41. The smallest absolute Gasteiger partial charge is 0.323 e. The summed E-state index contributed by atoms with van der Waals surface area (Å²) in [6.07, 6.45) is 0.387. The van der Waals surface area contributed by atoms with E-state index in [9.17, 15) is 14.4 Å². The van der Waals surface area contributed by atoms with Crippen LogP contribution in [0.15, 0.2) is 24.3 Å². The van der Waals surface area contributed by atoms with Crippen molar-refractivity contribution < 1.29 is 19.5 Å². The standard InChI is InChI=1S/C13H12ClNO4/c14-10-4-2-1-3-8(10)5-9-6-11(16)15(13(9)19)7-12(17)18/h1-4,9H,5-7H2,(H,17,18). The van der Waals surface area contributed by atoms with Gasteiger partial charge in [0.15, 0.2) is 0 Å². The number of amides is 2. The van der Waals surface area contributed by atoms with Gasteiger partial charge >= 0.3 is 5.97 Å². The Kier molecular flexibility index (Phi) is 3.85. The minimum atomic E-state index is -1.19.